The molecule has 2 rings (SSSR count). The van der Waals surface area contributed by atoms with Crippen LogP contribution in [0, 0.1) is 10.1 Å². The van der Waals surface area contributed by atoms with Gasteiger partial charge >= 0.3 is 11.7 Å². The third-order valence-corrected chi connectivity index (χ3v) is 4.60. The van der Waals surface area contributed by atoms with Crippen molar-refractivity contribution < 1.29 is 24.0 Å². The van der Waals surface area contributed by atoms with Crippen molar-refractivity contribution in [1.29, 1.82) is 0 Å². The summed E-state index contributed by atoms with van der Waals surface area (Å²) >= 11 is 1.32. The fourth-order valence-corrected chi connectivity index (χ4v) is 3.14. The quantitative estimate of drug-likeness (QED) is 0.386. The van der Waals surface area contributed by atoms with E-state index in [9.17, 15) is 19.7 Å². The van der Waals surface area contributed by atoms with Crippen LogP contribution < -0.4 is 10.1 Å². The van der Waals surface area contributed by atoms with Gasteiger partial charge in [-0.05, 0) is 36.8 Å². The SMILES string of the molecule is CCOC(=O)c1cccc(NC(=O)CSCc2ccc(OC)c([N+](=O)[O-])c2)c1. The fraction of sp³-hybridized carbons (Fsp3) is 0.263. The van der Waals surface area contributed by atoms with Crippen LogP contribution in [0.4, 0.5) is 11.4 Å². The number of ether oxygens (including phenoxy) is 2. The topological polar surface area (TPSA) is 108 Å². The molecule has 0 bridgehead atoms. The number of nitro groups is 1. The van der Waals surface area contributed by atoms with E-state index >= 15 is 0 Å². The zero-order valence-electron chi connectivity index (χ0n) is 15.5. The van der Waals surface area contributed by atoms with Gasteiger partial charge in [0.05, 0.1) is 30.0 Å². The van der Waals surface area contributed by atoms with Gasteiger partial charge in [-0.25, -0.2) is 4.79 Å². The van der Waals surface area contributed by atoms with Gasteiger partial charge in [-0.3, -0.25) is 14.9 Å². The van der Waals surface area contributed by atoms with Crippen LogP contribution in [0.3, 0.4) is 0 Å². The number of esters is 1. The second kappa shape index (κ2) is 10.3. The Morgan fingerprint density at radius 1 is 1.21 bits per heavy atom. The molecule has 0 heterocycles. The molecule has 0 fully saturated rings. The molecular weight excluding hydrogens is 384 g/mol. The van der Waals surface area contributed by atoms with Crippen molar-refractivity contribution in [2.24, 2.45) is 0 Å². The Hall–Kier alpha value is -3.07. The number of nitrogens with zero attached hydrogens (tertiary/aromatic N) is 1. The molecule has 0 saturated carbocycles. The number of anilines is 1. The molecule has 0 spiro atoms. The predicted molar refractivity (Wildman–Crippen MR) is 107 cm³/mol. The minimum atomic E-state index is -0.504. The molecule has 0 aromatic heterocycles. The van der Waals surface area contributed by atoms with Gasteiger partial charge in [-0.2, -0.15) is 0 Å². The molecule has 0 unspecified atom stereocenters. The minimum absolute atomic E-state index is 0.110. The zero-order valence-corrected chi connectivity index (χ0v) is 16.3. The number of amides is 1. The molecule has 28 heavy (non-hydrogen) atoms. The molecule has 0 aliphatic carbocycles. The molecule has 1 amide bonds. The van der Waals surface area contributed by atoms with Crippen molar-refractivity contribution in [3.63, 3.8) is 0 Å². The summed E-state index contributed by atoms with van der Waals surface area (Å²) < 4.78 is 9.90. The van der Waals surface area contributed by atoms with Crippen LogP contribution in [0.25, 0.3) is 0 Å². The molecule has 0 aliphatic rings. The molecule has 9 heteroatoms. The average molecular weight is 404 g/mol. The van der Waals surface area contributed by atoms with Crippen molar-refractivity contribution in [2.75, 3.05) is 24.8 Å². The van der Waals surface area contributed by atoms with E-state index in [1.54, 1.807) is 37.3 Å². The van der Waals surface area contributed by atoms with Gasteiger partial charge < -0.3 is 14.8 Å². The highest BCUT2D eigenvalue weighted by molar-refractivity contribution is 7.99. The summed E-state index contributed by atoms with van der Waals surface area (Å²) in [5, 5.41) is 13.8. The molecule has 0 aliphatic heterocycles. The lowest BCUT2D eigenvalue weighted by atomic mass is 10.2. The van der Waals surface area contributed by atoms with Gasteiger partial charge in [0.2, 0.25) is 5.91 Å². The van der Waals surface area contributed by atoms with Crippen LogP contribution >= 0.6 is 11.8 Å². The van der Waals surface area contributed by atoms with Crippen LogP contribution in [0.15, 0.2) is 42.5 Å². The number of thioether (sulfide) groups is 1. The maximum atomic E-state index is 12.1. The van der Waals surface area contributed by atoms with Gasteiger partial charge in [-0.1, -0.05) is 12.1 Å². The first-order valence-corrected chi connectivity index (χ1v) is 9.56. The maximum Gasteiger partial charge on any atom is 0.338 e. The van der Waals surface area contributed by atoms with Gasteiger partial charge in [0.15, 0.2) is 5.75 Å². The number of carbonyl (C=O) groups excluding carboxylic acids is 2. The van der Waals surface area contributed by atoms with E-state index in [0.29, 0.717) is 17.0 Å². The van der Waals surface area contributed by atoms with Crippen molar-refractivity contribution >= 4 is 35.0 Å². The van der Waals surface area contributed by atoms with E-state index in [1.165, 1.54) is 31.0 Å². The normalized spacial score (nSPS) is 10.2. The summed E-state index contributed by atoms with van der Waals surface area (Å²) in [4.78, 5) is 34.4. The largest absolute Gasteiger partial charge is 0.490 e. The highest BCUT2D eigenvalue weighted by Gasteiger charge is 2.15. The van der Waals surface area contributed by atoms with Crippen LogP contribution in [-0.2, 0) is 15.3 Å². The first kappa shape index (κ1) is 21.2. The predicted octanol–water partition coefficient (Wildman–Crippen LogP) is 3.65. The number of carbonyl (C=O) groups is 2. The summed E-state index contributed by atoms with van der Waals surface area (Å²) in [6.45, 7) is 1.99. The van der Waals surface area contributed by atoms with Gasteiger partial charge in [0.1, 0.15) is 0 Å². The van der Waals surface area contributed by atoms with Crippen molar-refractivity contribution in [3.05, 3.63) is 63.7 Å². The van der Waals surface area contributed by atoms with Crippen LogP contribution in [0.2, 0.25) is 0 Å². The molecule has 0 radical (unpaired) electrons. The number of hydrogen-bond acceptors (Lipinski definition) is 7. The first-order chi connectivity index (χ1) is 13.4. The number of nitrogens with one attached hydrogen (secondary N) is 1. The van der Waals surface area contributed by atoms with E-state index in [2.05, 4.69) is 5.32 Å². The number of nitro benzene ring substituents is 1. The van der Waals surface area contributed by atoms with E-state index in [-0.39, 0.29) is 29.7 Å². The lowest BCUT2D eigenvalue weighted by Gasteiger charge is -2.08. The van der Waals surface area contributed by atoms with Gasteiger partial charge in [0, 0.05) is 17.5 Å². The summed E-state index contributed by atoms with van der Waals surface area (Å²) in [5.74, 6) is 0.0889. The summed E-state index contributed by atoms with van der Waals surface area (Å²) in [5.41, 5.74) is 1.46. The lowest BCUT2D eigenvalue weighted by molar-refractivity contribution is -0.385. The van der Waals surface area contributed by atoms with E-state index in [4.69, 9.17) is 9.47 Å². The molecule has 2 aromatic carbocycles. The molecule has 8 nitrogen and oxygen atoms in total. The minimum Gasteiger partial charge on any atom is -0.490 e. The standard InChI is InChI=1S/C19H20N2O6S/c1-3-27-19(23)14-5-4-6-15(10-14)20-18(22)12-28-11-13-7-8-17(26-2)16(9-13)21(24)25/h4-10H,3,11-12H2,1-2H3,(H,20,22). The molecular formula is C19H20N2O6S. The van der Waals surface area contributed by atoms with Crippen LogP contribution in [0.5, 0.6) is 5.75 Å². The van der Waals surface area contributed by atoms with Gasteiger partial charge in [0.25, 0.3) is 0 Å². The maximum absolute atomic E-state index is 12.1. The molecule has 148 valence electrons. The lowest BCUT2D eigenvalue weighted by Crippen LogP contribution is -2.15. The second-order valence-corrected chi connectivity index (χ2v) is 6.59. The van der Waals surface area contributed by atoms with E-state index in [1.807, 2.05) is 0 Å². The smallest absolute Gasteiger partial charge is 0.338 e. The molecule has 1 N–H and O–H groups in total. The third-order valence-electron chi connectivity index (χ3n) is 3.60. The van der Waals surface area contributed by atoms with E-state index < -0.39 is 10.9 Å². The summed E-state index contributed by atoms with van der Waals surface area (Å²) in [6.07, 6.45) is 0. The summed E-state index contributed by atoms with van der Waals surface area (Å²) in [6, 6.07) is 11.2. The third kappa shape index (κ3) is 5.98. The fourth-order valence-electron chi connectivity index (χ4n) is 2.37. The Bertz CT molecular complexity index is 871. The van der Waals surface area contributed by atoms with Gasteiger partial charge in [-0.15, -0.1) is 11.8 Å². The molecule has 2 aromatic rings. The first-order valence-electron chi connectivity index (χ1n) is 8.40. The Balaban J connectivity index is 1.90. The van der Waals surface area contributed by atoms with E-state index in [0.717, 1.165) is 5.56 Å². The molecule has 0 atom stereocenters. The molecule has 0 saturated heterocycles. The van der Waals surface area contributed by atoms with Crippen molar-refractivity contribution in [3.8, 4) is 5.75 Å². The highest BCUT2D eigenvalue weighted by atomic mass is 32.2. The zero-order chi connectivity index (χ0) is 20.5. The second-order valence-electron chi connectivity index (χ2n) is 5.61. The average Bonchev–Trinajstić information content (AvgIpc) is 2.68. The Morgan fingerprint density at radius 2 is 2.00 bits per heavy atom. The Labute approximate surface area is 166 Å². The van der Waals surface area contributed by atoms with Crippen LogP contribution in [-0.4, -0.2) is 36.3 Å². The number of methoxy groups -OCH3 is 1. The van der Waals surface area contributed by atoms with Crippen molar-refractivity contribution in [2.45, 2.75) is 12.7 Å². The summed E-state index contributed by atoms with van der Waals surface area (Å²) in [7, 11) is 1.37. The van der Waals surface area contributed by atoms with Crippen LogP contribution in [0.1, 0.15) is 22.8 Å². The Kier molecular flexibility index (Phi) is 7.82. The number of rotatable bonds is 9. The monoisotopic (exact) mass is 404 g/mol. The number of benzene rings is 2. The Morgan fingerprint density at radius 3 is 2.68 bits per heavy atom. The van der Waals surface area contributed by atoms with Crippen molar-refractivity contribution in [1.82, 2.24) is 0 Å². The highest BCUT2D eigenvalue weighted by Crippen LogP contribution is 2.29. The number of hydrogen-bond donors (Lipinski definition) is 1.